The molecule has 0 radical (unpaired) electrons. The summed E-state index contributed by atoms with van der Waals surface area (Å²) in [5, 5.41) is 5.19. The van der Waals surface area contributed by atoms with Crippen molar-refractivity contribution >= 4 is 28.7 Å². The molecule has 0 aliphatic carbocycles. The van der Waals surface area contributed by atoms with Gasteiger partial charge in [0.2, 0.25) is 0 Å². The zero-order chi connectivity index (χ0) is 18.4. The molecule has 1 amide bonds. The number of fused-ring (bicyclic) bond motifs is 1. The molecule has 0 unspecified atom stereocenters. The second-order valence-corrected chi connectivity index (χ2v) is 6.06. The number of hydrogen-bond acceptors (Lipinski definition) is 3. The van der Waals surface area contributed by atoms with Crippen molar-refractivity contribution in [1.29, 1.82) is 0 Å². The van der Waals surface area contributed by atoms with Crippen molar-refractivity contribution in [2.75, 3.05) is 18.0 Å². The molecule has 0 spiro atoms. The minimum Gasteiger partial charge on any atom is -0.372 e. The van der Waals surface area contributed by atoms with Gasteiger partial charge >= 0.3 is 0 Å². The van der Waals surface area contributed by atoms with Crippen molar-refractivity contribution in [3.63, 3.8) is 0 Å². The lowest BCUT2D eigenvalue weighted by atomic mass is 10.2. The van der Waals surface area contributed by atoms with Crippen molar-refractivity contribution in [2.45, 2.75) is 20.4 Å². The Morgan fingerprint density at radius 1 is 1.08 bits per heavy atom. The number of hydrogen-bond donors (Lipinski definition) is 1. The summed E-state index contributed by atoms with van der Waals surface area (Å²) in [7, 11) is 0. The number of para-hydroxylation sites is 1. The second-order valence-electron chi connectivity index (χ2n) is 6.06. The smallest absolute Gasteiger partial charge is 0.259 e. The quantitative estimate of drug-likeness (QED) is 0.523. The number of carbonyl (C=O) groups is 1. The van der Waals surface area contributed by atoms with E-state index in [9.17, 15) is 4.79 Å². The highest BCUT2D eigenvalue weighted by molar-refractivity contribution is 5.85. The maximum Gasteiger partial charge on any atom is 0.259 e. The van der Waals surface area contributed by atoms with Crippen molar-refractivity contribution in [3.05, 3.63) is 66.4 Å². The van der Waals surface area contributed by atoms with Gasteiger partial charge in [-0.2, -0.15) is 5.10 Å². The summed E-state index contributed by atoms with van der Waals surface area (Å²) in [4.78, 5) is 14.4. The van der Waals surface area contributed by atoms with E-state index >= 15 is 0 Å². The van der Waals surface area contributed by atoms with Crippen LogP contribution in [0.5, 0.6) is 0 Å². The summed E-state index contributed by atoms with van der Waals surface area (Å²) in [6.45, 7) is 6.48. The number of hydrazone groups is 1. The fourth-order valence-corrected chi connectivity index (χ4v) is 3.01. The molecule has 26 heavy (non-hydrogen) atoms. The second kappa shape index (κ2) is 8.34. The van der Waals surface area contributed by atoms with Crippen molar-refractivity contribution in [3.8, 4) is 0 Å². The Kier molecular flexibility index (Phi) is 5.69. The van der Waals surface area contributed by atoms with Crippen molar-refractivity contribution < 1.29 is 4.79 Å². The fraction of sp³-hybridized carbons (Fsp3) is 0.238. The van der Waals surface area contributed by atoms with Crippen LogP contribution < -0.4 is 10.3 Å². The van der Waals surface area contributed by atoms with Gasteiger partial charge < -0.3 is 9.47 Å². The van der Waals surface area contributed by atoms with Gasteiger partial charge in [-0.1, -0.05) is 30.3 Å². The number of anilines is 1. The van der Waals surface area contributed by atoms with E-state index in [0.29, 0.717) is 0 Å². The van der Waals surface area contributed by atoms with Crippen molar-refractivity contribution in [1.82, 2.24) is 9.99 Å². The van der Waals surface area contributed by atoms with E-state index in [1.165, 1.54) is 5.69 Å². The Hall–Kier alpha value is -3.08. The molecule has 3 aromatic rings. The lowest BCUT2D eigenvalue weighted by Crippen LogP contribution is -2.22. The van der Waals surface area contributed by atoms with E-state index in [2.05, 4.69) is 41.4 Å². The largest absolute Gasteiger partial charge is 0.372 e. The van der Waals surface area contributed by atoms with Crippen LogP contribution in [-0.2, 0) is 11.3 Å². The molecule has 1 N–H and O–H groups in total. The van der Waals surface area contributed by atoms with Gasteiger partial charge in [0.05, 0.1) is 6.21 Å². The average Bonchev–Trinajstić information content (AvgIpc) is 3.07. The first kappa shape index (κ1) is 17.7. The minimum atomic E-state index is -0.151. The van der Waals surface area contributed by atoms with Crippen LogP contribution in [0.2, 0.25) is 0 Å². The van der Waals surface area contributed by atoms with Gasteiger partial charge in [0.1, 0.15) is 6.54 Å². The van der Waals surface area contributed by atoms with Gasteiger partial charge in [0.15, 0.2) is 0 Å². The summed E-state index contributed by atoms with van der Waals surface area (Å²) >= 11 is 0. The normalized spacial score (nSPS) is 11.2. The Morgan fingerprint density at radius 3 is 2.54 bits per heavy atom. The predicted octanol–water partition coefficient (Wildman–Crippen LogP) is 3.64. The first-order valence-electron chi connectivity index (χ1n) is 8.92. The number of nitrogens with zero attached hydrogens (tertiary/aromatic N) is 3. The molecule has 2 aromatic carbocycles. The summed E-state index contributed by atoms with van der Waals surface area (Å²) < 4.78 is 1.92. The minimum absolute atomic E-state index is 0.151. The summed E-state index contributed by atoms with van der Waals surface area (Å²) in [5.74, 6) is -0.151. The molecule has 0 fully saturated rings. The molecule has 3 rings (SSSR count). The zero-order valence-corrected chi connectivity index (χ0v) is 15.2. The molecule has 0 aliphatic rings. The molecule has 134 valence electrons. The molecule has 1 heterocycles. The molecule has 0 aliphatic heterocycles. The van der Waals surface area contributed by atoms with Gasteiger partial charge in [-0.3, -0.25) is 4.79 Å². The zero-order valence-electron chi connectivity index (χ0n) is 15.2. The maximum atomic E-state index is 12.1. The molecule has 0 saturated heterocycles. The monoisotopic (exact) mass is 348 g/mol. The first-order chi connectivity index (χ1) is 12.7. The highest BCUT2D eigenvalue weighted by Crippen LogP contribution is 2.15. The molecule has 1 aromatic heterocycles. The van der Waals surface area contributed by atoms with Gasteiger partial charge in [-0.15, -0.1) is 0 Å². The number of aromatic nitrogens is 1. The van der Waals surface area contributed by atoms with Crippen LogP contribution in [-0.4, -0.2) is 29.8 Å². The predicted molar refractivity (Wildman–Crippen MR) is 108 cm³/mol. The standard InChI is InChI=1S/C21H24N4O/c1-3-24(4-2)19-11-9-17(10-12-19)15-22-23-21(26)16-25-14-13-18-7-5-6-8-20(18)25/h5-15H,3-4,16H2,1-2H3,(H,23,26). The number of benzene rings is 2. The topological polar surface area (TPSA) is 49.6 Å². The van der Waals surface area contributed by atoms with Crippen LogP contribution in [0.25, 0.3) is 10.9 Å². The Bertz CT molecular complexity index is 892. The van der Waals surface area contributed by atoms with Crippen LogP contribution in [0, 0.1) is 0 Å². The third-order valence-corrected chi connectivity index (χ3v) is 4.42. The van der Waals surface area contributed by atoms with Crippen LogP contribution in [0.3, 0.4) is 0 Å². The Labute approximate surface area is 153 Å². The number of amides is 1. The summed E-state index contributed by atoms with van der Waals surface area (Å²) in [6, 6.07) is 18.1. The molecule has 0 saturated carbocycles. The number of rotatable bonds is 7. The summed E-state index contributed by atoms with van der Waals surface area (Å²) in [5.41, 5.74) is 5.78. The highest BCUT2D eigenvalue weighted by atomic mass is 16.2. The molecule has 0 bridgehead atoms. The maximum absolute atomic E-state index is 12.1. The average molecular weight is 348 g/mol. The molecular weight excluding hydrogens is 324 g/mol. The number of nitrogens with one attached hydrogen (secondary N) is 1. The van der Waals surface area contributed by atoms with E-state index < -0.39 is 0 Å². The molecule has 5 heteroatoms. The molecular formula is C21H24N4O. The third kappa shape index (κ3) is 4.11. The van der Waals surface area contributed by atoms with Gasteiger partial charge in [0.25, 0.3) is 5.91 Å². The first-order valence-corrected chi connectivity index (χ1v) is 8.92. The SMILES string of the molecule is CCN(CC)c1ccc(C=NNC(=O)Cn2ccc3ccccc32)cc1. The van der Waals surface area contributed by atoms with E-state index in [1.807, 2.05) is 53.2 Å². The number of carbonyl (C=O) groups excluding carboxylic acids is 1. The van der Waals surface area contributed by atoms with Crippen LogP contribution in [0.15, 0.2) is 65.9 Å². The van der Waals surface area contributed by atoms with Gasteiger partial charge in [-0.25, -0.2) is 5.43 Å². The van der Waals surface area contributed by atoms with E-state index in [4.69, 9.17) is 0 Å². The van der Waals surface area contributed by atoms with Gasteiger partial charge in [-0.05, 0) is 49.1 Å². The van der Waals surface area contributed by atoms with Crippen molar-refractivity contribution in [2.24, 2.45) is 5.10 Å². The van der Waals surface area contributed by atoms with E-state index in [0.717, 1.165) is 29.6 Å². The lowest BCUT2D eigenvalue weighted by molar-refractivity contribution is -0.121. The van der Waals surface area contributed by atoms with E-state index in [-0.39, 0.29) is 12.5 Å². The highest BCUT2D eigenvalue weighted by Gasteiger charge is 2.05. The molecule has 5 nitrogen and oxygen atoms in total. The summed E-state index contributed by atoms with van der Waals surface area (Å²) in [6.07, 6.45) is 3.58. The fourth-order valence-electron chi connectivity index (χ4n) is 3.01. The van der Waals surface area contributed by atoms with Crippen LogP contribution in [0.1, 0.15) is 19.4 Å². The van der Waals surface area contributed by atoms with Gasteiger partial charge in [0, 0.05) is 30.5 Å². The van der Waals surface area contributed by atoms with E-state index in [1.54, 1.807) is 6.21 Å². The molecule has 0 atom stereocenters. The Balaban J connectivity index is 1.57. The third-order valence-electron chi connectivity index (χ3n) is 4.42. The lowest BCUT2D eigenvalue weighted by Gasteiger charge is -2.20. The Morgan fingerprint density at radius 2 is 1.81 bits per heavy atom. The van der Waals surface area contributed by atoms with Crippen LogP contribution in [0.4, 0.5) is 5.69 Å². The van der Waals surface area contributed by atoms with Crippen LogP contribution >= 0.6 is 0 Å².